The predicted octanol–water partition coefficient (Wildman–Crippen LogP) is 2.44. The predicted molar refractivity (Wildman–Crippen MR) is 117 cm³/mol. The van der Waals surface area contributed by atoms with Gasteiger partial charge in [0.2, 0.25) is 0 Å². The van der Waals surface area contributed by atoms with Gasteiger partial charge in [0.15, 0.2) is 23.2 Å². The molecule has 9 nitrogen and oxygen atoms in total. The second-order valence-electron chi connectivity index (χ2n) is 6.16. The van der Waals surface area contributed by atoms with Crippen LogP contribution in [0.25, 0.3) is 0 Å². The SMILES string of the molecule is CCOc1cc(/C=N\NC(=O)c2sc(N)nc2C)ccc1OCC(=O)N(CC)CC. The molecule has 0 unspecified atom stereocenters. The topological polar surface area (TPSA) is 119 Å². The summed E-state index contributed by atoms with van der Waals surface area (Å²) in [6.07, 6.45) is 1.49. The van der Waals surface area contributed by atoms with Crippen molar-refractivity contribution in [3.05, 3.63) is 34.3 Å². The van der Waals surface area contributed by atoms with Crippen LogP contribution in [0.2, 0.25) is 0 Å². The van der Waals surface area contributed by atoms with Crippen molar-refractivity contribution in [2.75, 3.05) is 32.0 Å². The van der Waals surface area contributed by atoms with Crippen LogP contribution in [0.15, 0.2) is 23.3 Å². The molecule has 30 heavy (non-hydrogen) atoms. The van der Waals surface area contributed by atoms with E-state index in [0.29, 0.717) is 52.5 Å². The van der Waals surface area contributed by atoms with Crippen molar-refractivity contribution in [3.8, 4) is 11.5 Å². The number of ether oxygens (including phenoxy) is 2. The van der Waals surface area contributed by atoms with E-state index >= 15 is 0 Å². The number of nitrogen functional groups attached to an aromatic ring is 1. The van der Waals surface area contributed by atoms with E-state index in [1.807, 2.05) is 20.8 Å². The van der Waals surface area contributed by atoms with Gasteiger partial charge in [-0.2, -0.15) is 5.10 Å². The van der Waals surface area contributed by atoms with E-state index in [1.54, 1.807) is 30.0 Å². The molecule has 0 saturated heterocycles. The summed E-state index contributed by atoms with van der Waals surface area (Å²) in [5, 5.41) is 4.31. The molecule has 3 N–H and O–H groups in total. The molecule has 0 aliphatic rings. The molecule has 0 fully saturated rings. The molecule has 1 aromatic carbocycles. The van der Waals surface area contributed by atoms with Crippen LogP contribution in [0.4, 0.5) is 5.13 Å². The van der Waals surface area contributed by atoms with Crippen LogP contribution in [0.1, 0.15) is 41.7 Å². The number of aryl methyl sites for hydroxylation is 1. The fourth-order valence-corrected chi connectivity index (χ4v) is 3.37. The van der Waals surface area contributed by atoms with Gasteiger partial charge in [-0.05, 0) is 51.5 Å². The summed E-state index contributed by atoms with van der Waals surface area (Å²) < 4.78 is 11.3. The molecule has 0 atom stereocenters. The minimum atomic E-state index is -0.377. The standard InChI is InChI=1S/C20H27N5O4S/c1-5-25(6-2)17(26)12-29-15-9-8-14(10-16(15)28-7-3)11-22-24-19(27)18-13(4)23-20(21)30-18/h8-11H,5-7,12H2,1-4H3,(H2,21,23)(H,24,27)/b22-11-. The summed E-state index contributed by atoms with van der Waals surface area (Å²) in [5.74, 6) is 0.494. The Labute approximate surface area is 179 Å². The van der Waals surface area contributed by atoms with E-state index in [2.05, 4.69) is 15.5 Å². The number of amides is 2. The van der Waals surface area contributed by atoms with Gasteiger partial charge >= 0.3 is 0 Å². The average molecular weight is 434 g/mol. The van der Waals surface area contributed by atoms with E-state index in [0.717, 1.165) is 11.3 Å². The van der Waals surface area contributed by atoms with E-state index in [1.165, 1.54) is 6.21 Å². The molecule has 0 aliphatic carbocycles. The average Bonchev–Trinajstić information content (AvgIpc) is 3.06. The first-order chi connectivity index (χ1) is 14.4. The number of hydrogen-bond donors (Lipinski definition) is 2. The van der Waals surface area contributed by atoms with Gasteiger partial charge in [-0.15, -0.1) is 0 Å². The quantitative estimate of drug-likeness (QED) is 0.439. The zero-order valence-electron chi connectivity index (χ0n) is 17.6. The molecular weight excluding hydrogens is 406 g/mol. The summed E-state index contributed by atoms with van der Waals surface area (Å²) in [7, 11) is 0. The molecule has 0 spiro atoms. The number of hydrazone groups is 1. The van der Waals surface area contributed by atoms with Crippen molar-refractivity contribution in [3.63, 3.8) is 0 Å². The molecule has 0 saturated carbocycles. The first-order valence-electron chi connectivity index (χ1n) is 9.63. The summed E-state index contributed by atoms with van der Waals surface area (Å²) in [4.78, 5) is 30.4. The minimum absolute atomic E-state index is 0.0669. The number of likely N-dealkylation sites (N-methyl/N-ethyl adjacent to an activating group) is 1. The molecule has 10 heteroatoms. The van der Waals surface area contributed by atoms with Crippen LogP contribution in [-0.4, -0.2) is 54.2 Å². The Balaban J connectivity index is 2.04. The molecule has 0 radical (unpaired) electrons. The number of aromatic nitrogens is 1. The molecule has 2 rings (SSSR count). The second-order valence-corrected chi connectivity index (χ2v) is 7.19. The minimum Gasteiger partial charge on any atom is -0.490 e. The van der Waals surface area contributed by atoms with Crippen molar-refractivity contribution in [2.45, 2.75) is 27.7 Å². The molecule has 0 aliphatic heterocycles. The molecule has 2 aromatic rings. The summed E-state index contributed by atoms with van der Waals surface area (Å²) >= 11 is 1.11. The Hall–Kier alpha value is -3.14. The van der Waals surface area contributed by atoms with Gasteiger partial charge in [0, 0.05) is 13.1 Å². The maximum atomic E-state index is 12.2. The molecule has 162 valence electrons. The Morgan fingerprint density at radius 1 is 1.23 bits per heavy atom. The number of carbonyl (C=O) groups excluding carboxylic acids is 2. The highest BCUT2D eigenvalue weighted by Gasteiger charge is 2.14. The Morgan fingerprint density at radius 2 is 1.97 bits per heavy atom. The van der Waals surface area contributed by atoms with E-state index < -0.39 is 0 Å². The van der Waals surface area contributed by atoms with Crippen molar-refractivity contribution in [2.24, 2.45) is 5.10 Å². The lowest BCUT2D eigenvalue weighted by Gasteiger charge is -2.19. The number of nitrogens with one attached hydrogen (secondary N) is 1. The van der Waals surface area contributed by atoms with Crippen molar-refractivity contribution in [1.82, 2.24) is 15.3 Å². The van der Waals surface area contributed by atoms with Gasteiger partial charge in [-0.3, -0.25) is 9.59 Å². The zero-order chi connectivity index (χ0) is 22.1. The lowest BCUT2D eigenvalue weighted by atomic mass is 10.2. The zero-order valence-corrected chi connectivity index (χ0v) is 18.4. The largest absolute Gasteiger partial charge is 0.490 e. The lowest BCUT2D eigenvalue weighted by Crippen LogP contribution is -2.34. The molecule has 2 amide bonds. The van der Waals surface area contributed by atoms with Gasteiger partial charge in [0.05, 0.1) is 18.5 Å². The first-order valence-corrected chi connectivity index (χ1v) is 10.4. The van der Waals surface area contributed by atoms with Gasteiger partial charge in [-0.25, -0.2) is 10.4 Å². The maximum absolute atomic E-state index is 12.2. The number of anilines is 1. The molecule has 1 heterocycles. The number of nitrogens with two attached hydrogens (primary N) is 1. The number of rotatable bonds is 10. The van der Waals surface area contributed by atoms with Crippen molar-refractivity contribution >= 4 is 34.5 Å². The Bertz CT molecular complexity index is 909. The fourth-order valence-electron chi connectivity index (χ4n) is 2.64. The summed E-state index contributed by atoms with van der Waals surface area (Å²) in [6.45, 7) is 9.04. The van der Waals surface area contributed by atoms with Gasteiger partial charge in [-0.1, -0.05) is 11.3 Å². The Kier molecular flexibility index (Phi) is 8.60. The fraction of sp³-hybridized carbons (Fsp3) is 0.400. The number of hydrogen-bond acceptors (Lipinski definition) is 8. The van der Waals surface area contributed by atoms with Crippen LogP contribution in [-0.2, 0) is 4.79 Å². The first kappa shape index (κ1) is 23.1. The van der Waals surface area contributed by atoms with Crippen LogP contribution < -0.4 is 20.6 Å². The number of benzene rings is 1. The third kappa shape index (κ3) is 6.18. The smallest absolute Gasteiger partial charge is 0.283 e. The highest BCUT2D eigenvalue weighted by Crippen LogP contribution is 2.28. The molecular formula is C20H27N5O4S. The number of carbonyl (C=O) groups is 2. The third-order valence-electron chi connectivity index (χ3n) is 4.13. The van der Waals surface area contributed by atoms with E-state index in [9.17, 15) is 9.59 Å². The van der Waals surface area contributed by atoms with Crippen LogP contribution >= 0.6 is 11.3 Å². The third-order valence-corrected chi connectivity index (χ3v) is 5.12. The monoisotopic (exact) mass is 433 g/mol. The molecule has 0 bridgehead atoms. The number of thiazole rings is 1. The van der Waals surface area contributed by atoms with Crippen LogP contribution in [0.5, 0.6) is 11.5 Å². The van der Waals surface area contributed by atoms with Crippen molar-refractivity contribution < 1.29 is 19.1 Å². The highest BCUT2D eigenvalue weighted by molar-refractivity contribution is 7.17. The lowest BCUT2D eigenvalue weighted by molar-refractivity contribution is -0.133. The van der Waals surface area contributed by atoms with Gasteiger partial charge < -0.3 is 20.1 Å². The maximum Gasteiger partial charge on any atom is 0.283 e. The van der Waals surface area contributed by atoms with E-state index in [4.69, 9.17) is 15.2 Å². The Morgan fingerprint density at radius 3 is 2.57 bits per heavy atom. The van der Waals surface area contributed by atoms with Gasteiger partial charge in [0.1, 0.15) is 4.88 Å². The molecule has 1 aromatic heterocycles. The highest BCUT2D eigenvalue weighted by atomic mass is 32.1. The van der Waals surface area contributed by atoms with Gasteiger partial charge in [0.25, 0.3) is 11.8 Å². The van der Waals surface area contributed by atoms with E-state index in [-0.39, 0.29) is 18.4 Å². The van der Waals surface area contributed by atoms with Crippen LogP contribution in [0.3, 0.4) is 0 Å². The van der Waals surface area contributed by atoms with Crippen molar-refractivity contribution in [1.29, 1.82) is 0 Å². The normalized spacial score (nSPS) is 10.8. The summed E-state index contributed by atoms with van der Waals surface area (Å²) in [5.41, 5.74) is 9.32. The summed E-state index contributed by atoms with van der Waals surface area (Å²) in [6, 6.07) is 5.19. The van der Waals surface area contributed by atoms with Crippen LogP contribution in [0, 0.1) is 6.92 Å². The number of nitrogens with zero attached hydrogens (tertiary/aromatic N) is 3. The second kappa shape index (κ2) is 11.1.